The van der Waals surface area contributed by atoms with E-state index in [-0.39, 0.29) is 0 Å². The van der Waals surface area contributed by atoms with Gasteiger partial charge in [0.2, 0.25) is 5.95 Å². The van der Waals surface area contributed by atoms with Crippen LogP contribution in [0.15, 0.2) is 54.6 Å². The van der Waals surface area contributed by atoms with Gasteiger partial charge in [0.05, 0.1) is 5.69 Å². The van der Waals surface area contributed by atoms with Gasteiger partial charge in [-0.05, 0) is 44.2 Å². The van der Waals surface area contributed by atoms with Crippen LogP contribution in [0.2, 0.25) is 0 Å². The van der Waals surface area contributed by atoms with E-state index in [2.05, 4.69) is 72.4 Å². The number of nitrogens with one attached hydrogen (secondary N) is 1. The lowest BCUT2D eigenvalue weighted by atomic mass is 10.1. The van der Waals surface area contributed by atoms with Crippen molar-refractivity contribution in [2.75, 3.05) is 43.4 Å². The van der Waals surface area contributed by atoms with Crippen LogP contribution in [0.25, 0.3) is 11.3 Å². The smallest absolute Gasteiger partial charge is 0.229 e. The number of anilines is 3. The number of aryl methyl sites for hydroxylation is 2. The Bertz CT molecular complexity index is 926. The largest absolute Gasteiger partial charge is 0.354 e. The van der Waals surface area contributed by atoms with Gasteiger partial charge in [-0.2, -0.15) is 4.98 Å². The summed E-state index contributed by atoms with van der Waals surface area (Å²) in [5.74, 6) is 1.62. The van der Waals surface area contributed by atoms with Crippen LogP contribution in [0, 0.1) is 13.8 Å². The molecule has 0 radical (unpaired) electrons. The number of hydrogen-bond donors (Lipinski definition) is 1. The summed E-state index contributed by atoms with van der Waals surface area (Å²) in [4.78, 5) is 14.4. The highest BCUT2D eigenvalue weighted by atomic mass is 15.3. The van der Waals surface area contributed by atoms with E-state index in [0.29, 0.717) is 5.95 Å². The third kappa shape index (κ3) is 4.31. The Morgan fingerprint density at radius 1 is 0.821 bits per heavy atom. The standard InChI is InChI=1S/C23H27N5/c1-17-13-18(2)15-20(14-17)24-23-25-21(19-7-5-4-6-8-19)16-22(26-23)28-11-9-27(3)10-12-28/h4-8,13-16H,9-12H2,1-3H3,(H,24,25,26). The van der Waals surface area contributed by atoms with Crippen LogP contribution in [0.4, 0.5) is 17.5 Å². The molecule has 1 aromatic heterocycles. The Morgan fingerprint density at radius 3 is 2.18 bits per heavy atom. The van der Waals surface area contributed by atoms with Crippen molar-refractivity contribution in [1.82, 2.24) is 14.9 Å². The van der Waals surface area contributed by atoms with E-state index in [1.54, 1.807) is 0 Å². The molecule has 144 valence electrons. The molecule has 5 nitrogen and oxygen atoms in total. The molecule has 4 rings (SSSR count). The molecular formula is C23H27N5. The molecule has 0 spiro atoms. The van der Waals surface area contributed by atoms with Gasteiger partial charge < -0.3 is 15.1 Å². The normalized spacial score (nSPS) is 14.9. The van der Waals surface area contributed by atoms with Gasteiger partial charge in [0.1, 0.15) is 5.82 Å². The van der Waals surface area contributed by atoms with Gasteiger partial charge in [-0.15, -0.1) is 0 Å². The maximum atomic E-state index is 4.85. The number of likely N-dealkylation sites (N-methyl/N-ethyl adjacent to an activating group) is 1. The summed E-state index contributed by atoms with van der Waals surface area (Å²) < 4.78 is 0. The monoisotopic (exact) mass is 373 g/mol. The van der Waals surface area contributed by atoms with Gasteiger partial charge >= 0.3 is 0 Å². The van der Waals surface area contributed by atoms with Crippen LogP contribution >= 0.6 is 0 Å². The number of benzene rings is 2. The fourth-order valence-corrected chi connectivity index (χ4v) is 3.62. The fraction of sp³-hybridized carbons (Fsp3) is 0.304. The maximum absolute atomic E-state index is 4.85. The molecule has 1 fully saturated rings. The highest BCUT2D eigenvalue weighted by Crippen LogP contribution is 2.26. The first-order chi connectivity index (χ1) is 13.6. The van der Waals surface area contributed by atoms with Crippen LogP contribution < -0.4 is 10.2 Å². The summed E-state index contributed by atoms with van der Waals surface area (Å²) in [5.41, 5.74) is 5.51. The second-order valence-electron chi connectivity index (χ2n) is 7.59. The van der Waals surface area contributed by atoms with Crippen molar-refractivity contribution >= 4 is 17.5 Å². The van der Waals surface area contributed by atoms with Crippen LogP contribution in [-0.4, -0.2) is 48.1 Å². The van der Waals surface area contributed by atoms with E-state index in [4.69, 9.17) is 9.97 Å². The van der Waals surface area contributed by atoms with Crippen LogP contribution in [0.3, 0.4) is 0 Å². The zero-order valence-electron chi connectivity index (χ0n) is 16.8. The first kappa shape index (κ1) is 18.4. The van der Waals surface area contributed by atoms with Gasteiger partial charge in [-0.25, -0.2) is 4.98 Å². The summed E-state index contributed by atoms with van der Waals surface area (Å²) in [6.45, 7) is 8.26. The van der Waals surface area contributed by atoms with E-state index in [1.807, 2.05) is 18.2 Å². The van der Waals surface area contributed by atoms with E-state index in [0.717, 1.165) is 48.9 Å². The van der Waals surface area contributed by atoms with E-state index < -0.39 is 0 Å². The molecule has 1 N–H and O–H groups in total. The Kier molecular flexibility index (Phi) is 5.26. The zero-order chi connectivity index (χ0) is 19.5. The number of piperazine rings is 1. The third-order valence-electron chi connectivity index (χ3n) is 5.09. The van der Waals surface area contributed by atoms with Crippen LogP contribution in [-0.2, 0) is 0 Å². The van der Waals surface area contributed by atoms with Crippen molar-refractivity contribution in [2.45, 2.75) is 13.8 Å². The summed E-state index contributed by atoms with van der Waals surface area (Å²) in [6, 6.07) is 18.8. The second kappa shape index (κ2) is 7.98. The highest BCUT2D eigenvalue weighted by Gasteiger charge is 2.17. The Labute approximate surface area is 167 Å². The average Bonchev–Trinajstić information content (AvgIpc) is 2.68. The number of nitrogens with zero attached hydrogens (tertiary/aromatic N) is 4. The SMILES string of the molecule is Cc1cc(C)cc(Nc2nc(-c3ccccc3)cc(N3CCN(C)CC3)n2)c1. The molecule has 0 unspecified atom stereocenters. The molecule has 28 heavy (non-hydrogen) atoms. The highest BCUT2D eigenvalue weighted by molar-refractivity contribution is 5.67. The minimum Gasteiger partial charge on any atom is -0.354 e. The maximum Gasteiger partial charge on any atom is 0.229 e. The van der Waals surface area contributed by atoms with Crippen molar-refractivity contribution in [3.05, 3.63) is 65.7 Å². The molecule has 1 aliphatic heterocycles. The number of hydrogen-bond acceptors (Lipinski definition) is 5. The Balaban J connectivity index is 1.71. The zero-order valence-corrected chi connectivity index (χ0v) is 16.8. The molecule has 1 aliphatic rings. The van der Waals surface area contributed by atoms with Crippen molar-refractivity contribution in [1.29, 1.82) is 0 Å². The topological polar surface area (TPSA) is 44.3 Å². The Morgan fingerprint density at radius 2 is 1.50 bits per heavy atom. The van der Waals surface area contributed by atoms with Crippen molar-refractivity contribution < 1.29 is 0 Å². The minimum absolute atomic E-state index is 0.639. The van der Waals surface area contributed by atoms with E-state index in [1.165, 1.54) is 11.1 Å². The molecule has 0 saturated carbocycles. The first-order valence-electron chi connectivity index (χ1n) is 9.80. The van der Waals surface area contributed by atoms with Crippen LogP contribution in [0.1, 0.15) is 11.1 Å². The van der Waals surface area contributed by atoms with E-state index in [9.17, 15) is 0 Å². The molecule has 1 saturated heterocycles. The molecule has 0 bridgehead atoms. The first-order valence-corrected chi connectivity index (χ1v) is 9.80. The Hall–Kier alpha value is -2.92. The molecule has 5 heteroatoms. The second-order valence-corrected chi connectivity index (χ2v) is 7.59. The predicted molar refractivity (Wildman–Crippen MR) is 116 cm³/mol. The molecule has 2 aromatic carbocycles. The lowest BCUT2D eigenvalue weighted by molar-refractivity contribution is 0.312. The molecule has 3 aromatic rings. The quantitative estimate of drug-likeness (QED) is 0.740. The van der Waals surface area contributed by atoms with Crippen molar-refractivity contribution in [3.8, 4) is 11.3 Å². The lowest BCUT2D eigenvalue weighted by Crippen LogP contribution is -2.44. The molecule has 2 heterocycles. The fourth-order valence-electron chi connectivity index (χ4n) is 3.62. The lowest BCUT2D eigenvalue weighted by Gasteiger charge is -2.33. The number of aromatic nitrogens is 2. The number of rotatable bonds is 4. The van der Waals surface area contributed by atoms with Crippen molar-refractivity contribution in [3.63, 3.8) is 0 Å². The van der Waals surface area contributed by atoms with Crippen LogP contribution in [0.5, 0.6) is 0 Å². The summed E-state index contributed by atoms with van der Waals surface area (Å²) in [6.07, 6.45) is 0. The summed E-state index contributed by atoms with van der Waals surface area (Å²) >= 11 is 0. The summed E-state index contributed by atoms with van der Waals surface area (Å²) in [7, 11) is 2.17. The van der Waals surface area contributed by atoms with Gasteiger partial charge in [0, 0.05) is 43.5 Å². The third-order valence-corrected chi connectivity index (χ3v) is 5.09. The molecule has 0 atom stereocenters. The molecule has 0 amide bonds. The van der Waals surface area contributed by atoms with E-state index >= 15 is 0 Å². The van der Waals surface area contributed by atoms with Gasteiger partial charge in [-0.3, -0.25) is 0 Å². The van der Waals surface area contributed by atoms with Gasteiger partial charge in [0.25, 0.3) is 0 Å². The molecular weight excluding hydrogens is 346 g/mol. The molecule has 0 aliphatic carbocycles. The minimum atomic E-state index is 0.639. The average molecular weight is 374 g/mol. The van der Waals surface area contributed by atoms with Crippen molar-refractivity contribution in [2.24, 2.45) is 0 Å². The predicted octanol–water partition coefficient (Wildman–Crippen LogP) is 4.26. The van der Waals surface area contributed by atoms with Gasteiger partial charge in [-0.1, -0.05) is 36.4 Å². The summed E-state index contributed by atoms with van der Waals surface area (Å²) in [5, 5.41) is 3.42. The van der Waals surface area contributed by atoms with Gasteiger partial charge in [0.15, 0.2) is 0 Å².